The highest BCUT2D eigenvalue weighted by Crippen LogP contribution is 2.33. The van der Waals surface area contributed by atoms with Crippen LogP contribution in [0.25, 0.3) is 5.70 Å². The lowest BCUT2D eigenvalue weighted by Crippen LogP contribution is -2.30. The zero-order valence-corrected chi connectivity index (χ0v) is 9.77. The first kappa shape index (κ1) is 11.4. The van der Waals surface area contributed by atoms with Crippen LogP contribution in [0.5, 0.6) is 0 Å². The van der Waals surface area contributed by atoms with Crippen LogP contribution in [-0.4, -0.2) is 16.9 Å². The topological polar surface area (TPSA) is 46.6 Å². The molecule has 0 radical (unpaired) electrons. The molecular formula is C13H13NO3. The number of nitrogens with zero attached hydrogens (tertiary/aromatic N) is 1. The summed E-state index contributed by atoms with van der Waals surface area (Å²) in [5.74, 6) is -0.948. The number of amides is 1. The van der Waals surface area contributed by atoms with Gasteiger partial charge in [-0.25, -0.2) is 4.79 Å². The van der Waals surface area contributed by atoms with Crippen molar-refractivity contribution >= 4 is 17.6 Å². The van der Waals surface area contributed by atoms with E-state index in [4.69, 9.17) is 4.84 Å². The van der Waals surface area contributed by atoms with E-state index in [1.807, 2.05) is 18.2 Å². The first-order chi connectivity index (χ1) is 7.94. The van der Waals surface area contributed by atoms with Gasteiger partial charge in [-0.05, 0) is 13.8 Å². The van der Waals surface area contributed by atoms with Gasteiger partial charge in [0.15, 0.2) is 0 Å². The minimum absolute atomic E-state index is 0.370. The Morgan fingerprint density at radius 2 is 1.82 bits per heavy atom. The number of hydrogen-bond acceptors (Lipinski definition) is 3. The standard InChI is InChI=1S/C13H13NO3/c1-9(10-7-5-4-6-8-10)14-11(15)13(2,3)12(16)17-14/h4-8H,1H2,2-3H3. The van der Waals surface area contributed by atoms with Crippen LogP contribution in [0.1, 0.15) is 19.4 Å². The zero-order chi connectivity index (χ0) is 12.6. The first-order valence-electron chi connectivity index (χ1n) is 5.26. The lowest BCUT2D eigenvalue weighted by molar-refractivity contribution is -0.166. The van der Waals surface area contributed by atoms with Crippen molar-refractivity contribution in [2.24, 2.45) is 5.41 Å². The molecule has 17 heavy (non-hydrogen) atoms. The summed E-state index contributed by atoms with van der Waals surface area (Å²) in [6.45, 7) is 6.86. The first-order valence-corrected chi connectivity index (χ1v) is 5.26. The predicted octanol–water partition coefficient (Wildman–Crippen LogP) is 1.98. The van der Waals surface area contributed by atoms with Crippen LogP contribution in [0.2, 0.25) is 0 Å². The van der Waals surface area contributed by atoms with Gasteiger partial charge in [0.1, 0.15) is 5.41 Å². The Morgan fingerprint density at radius 3 is 2.29 bits per heavy atom. The van der Waals surface area contributed by atoms with Crippen LogP contribution in [-0.2, 0) is 14.4 Å². The summed E-state index contributed by atoms with van der Waals surface area (Å²) in [5, 5.41) is 0.970. The number of benzene rings is 1. The molecule has 1 fully saturated rings. The largest absolute Gasteiger partial charge is 0.348 e. The van der Waals surface area contributed by atoms with E-state index in [9.17, 15) is 9.59 Å². The van der Waals surface area contributed by atoms with Gasteiger partial charge in [-0.1, -0.05) is 36.9 Å². The van der Waals surface area contributed by atoms with E-state index < -0.39 is 17.3 Å². The van der Waals surface area contributed by atoms with E-state index in [-0.39, 0.29) is 0 Å². The Labute approximate surface area is 99.4 Å². The summed E-state index contributed by atoms with van der Waals surface area (Å²) in [6.07, 6.45) is 0. The Hall–Kier alpha value is -2.10. The van der Waals surface area contributed by atoms with Crippen molar-refractivity contribution in [2.75, 3.05) is 0 Å². The highest BCUT2D eigenvalue weighted by atomic mass is 16.7. The minimum Gasteiger partial charge on any atom is -0.332 e. The van der Waals surface area contributed by atoms with Crippen LogP contribution in [0.4, 0.5) is 0 Å². The van der Waals surface area contributed by atoms with Gasteiger partial charge < -0.3 is 4.84 Å². The third-order valence-corrected chi connectivity index (χ3v) is 2.76. The fourth-order valence-electron chi connectivity index (χ4n) is 1.51. The third kappa shape index (κ3) is 1.71. The van der Waals surface area contributed by atoms with Crippen molar-refractivity contribution in [1.29, 1.82) is 0 Å². The second-order valence-corrected chi connectivity index (χ2v) is 4.42. The summed E-state index contributed by atoms with van der Waals surface area (Å²) >= 11 is 0. The molecule has 0 atom stereocenters. The van der Waals surface area contributed by atoms with Gasteiger partial charge in [-0.2, -0.15) is 0 Å². The van der Waals surface area contributed by atoms with Crippen molar-refractivity contribution in [3.8, 4) is 0 Å². The van der Waals surface area contributed by atoms with E-state index >= 15 is 0 Å². The maximum absolute atomic E-state index is 12.0. The number of carbonyl (C=O) groups is 2. The third-order valence-electron chi connectivity index (χ3n) is 2.76. The van der Waals surface area contributed by atoms with Crippen molar-refractivity contribution < 1.29 is 14.4 Å². The van der Waals surface area contributed by atoms with E-state index in [2.05, 4.69) is 6.58 Å². The van der Waals surface area contributed by atoms with Crippen LogP contribution in [0.3, 0.4) is 0 Å². The summed E-state index contributed by atoms with van der Waals surface area (Å²) in [5.41, 5.74) is -0.0292. The molecule has 2 rings (SSSR count). The Balaban J connectivity index is 2.30. The molecule has 1 aromatic carbocycles. The summed E-state index contributed by atoms with van der Waals surface area (Å²) in [4.78, 5) is 28.4. The number of carbonyl (C=O) groups excluding carboxylic acids is 2. The van der Waals surface area contributed by atoms with Crippen molar-refractivity contribution in [3.63, 3.8) is 0 Å². The van der Waals surface area contributed by atoms with E-state index in [0.29, 0.717) is 5.70 Å². The smallest absolute Gasteiger partial charge is 0.332 e. The zero-order valence-electron chi connectivity index (χ0n) is 9.77. The van der Waals surface area contributed by atoms with Gasteiger partial charge in [0.05, 0.1) is 5.70 Å². The molecule has 1 aliphatic rings. The summed E-state index contributed by atoms with van der Waals surface area (Å²) < 4.78 is 0. The number of rotatable bonds is 2. The monoisotopic (exact) mass is 231 g/mol. The molecule has 1 aromatic rings. The van der Waals surface area contributed by atoms with Crippen LogP contribution < -0.4 is 0 Å². The lowest BCUT2D eigenvalue weighted by Gasteiger charge is -2.16. The van der Waals surface area contributed by atoms with Crippen molar-refractivity contribution in [2.45, 2.75) is 13.8 Å². The number of hydroxylamine groups is 2. The van der Waals surface area contributed by atoms with Crippen LogP contribution in [0, 0.1) is 5.41 Å². The number of hydrogen-bond donors (Lipinski definition) is 0. The fourth-order valence-corrected chi connectivity index (χ4v) is 1.51. The van der Waals surface area contributed by atoms with Gasteiger partial charge in [0.2, 0.25) is 0 Å². The molecule has 4 nitrogen and oxygen atoms in total. The molecular weight excluding hydrogens is 218 g/mol. The van der Waals surface area contributed by atoms with Gasteiger partial charge in [0.25, 0.3) is 5.91 Å². The normalized spacial score (nSPS) is 18.1. The molecule has 0 aliphatic carbocycles. The van der Waals surface area contributed by atoms with Gasteiger partial charge in [-0.3, -0.25) is 4.79 Å². The fraction of sp³-hybridized carbons (Fsp3) is 0.231. The highest BCUT2D eigenvalue weighted by Gasteiger charge is 2.50. The van der Waals surface area contributed by atoms with Gasteiger partial charge in [0, 0.05) is 5.56 Å². The molecule has 0 bridgehead atoms. The van der Waals surface area contributed by atoms with Crippen molar-refractivity contribution in [1.82, 2.24) is 5.06 Å². The summed E-state index contributed by atoms with van der Waals surface area (Å²) in [7, 11) is 0. The van der Waals surface area contributed by atoms with E-state index in [1.54, 1.807) is 12.1 Å². The molecule has 1 heterocycles. The molecule has 0 N–H and O–H groups in total. The van der Waals surface area contributed by atoms with Crippen molar-refractivity contribution in [3.05, 3.63) is 42.5 Å². The van der Waals surface area contributed by atoms with Crippen LogP contribution >= 0.6 is 0 Å². The molecule has 1 aliphatic heterocycles. The van der Waals surface area contributed by atoms with Crippen LogP contribution in [0.15, 0.2) is 36.9 Å². The molecule has 4 heteroatoms. The Bertz CT molecular complexity index is 491. The maximum Gasteiger partial charge on any atom is 0.348 e. The second kappa shape index (κ2) is 3.73. The quantitative estimate of drug-likeness (QED) is 0.731. The second-order valence-electron chi connectivity index (χ2n) is 4.42. The Kier molecular flexibility index (Phi) is 2.50. The average Bonchev–Trinajstić information content (AvgIpc) is 2.53. The molecule has 1 amide bonds. The molecule has 88 valence electrons. The molecule has 0 spiro atoms. The molecule has 0 unspecified atom stereocenters. The maximum atomic E-state index is 12.0. The van der Waals surface area contributed by atoms with Gasteiger partial charge in [-0.15, -0.1) is 5.06 Å². The average molecular weight is 231 g/mol. The highest BCUT2D eigenvalue weighted by molar-refractivity contribution is 6.08. The predicted molar refractivity (Wildman–Crippen MR) is 62.2 cm³/mol. The molecule has 0 aromatic heterocycles. The lowest BCUT2D eigenvalue weighted by atomic mass is 9.93. The van der Waals surface area contributed by atoms with E-state index in [1.165, 1.54) is 13.8 Å². The van der Waals surface area contributed by atoms with Gasteiger partial charge >= 0.3 is 5.97 Å². The van der Waals surface area contributed by atoms with E-state index in [0.717, 1.165) is 10.6 Å². The molecule has 0 saturated carbocycles. The minimum atomic E-state index is -1.14. The Morgan fingerprint density at radius 1 is 1.24 bits per heavy atom. The SMILES string of the molecule is C=C(c1ccccc1)N1OC(=O)C(C)(C)C1=O. The molecule has 1 saturated heterocycles. The summed E-state index contributed by atoms with van der Waals surface area (Å²) in [6, 6.07) is 9.12.